The third kappa shape index (κ3) is 4.04. The predicted molar refractivity (Wildman–Crippen MR) is 97.2 cm³/mol. The van der Waals surface area contributed by atoms with E-state index in [-0.39, 0.29) is 23.7 Å². The zero-order valence-corrected chi connectivity index (χ0v) is 15.0. The van der Waals surface area contributed by atoms with Crippen LogP contribution in [0, 0.1) is 5.82 Å². The summed E-state index contributed by atoms with van der Waals surface area (Å²) >= 11 is 5.79. The van der Waals surface area contributed by atoms with E-state index in [1.165, 1.54) is 30.3 Å². The van der Waals surface area contributed by atoms with Crippen molar-refractivity contribution in [3.8, 4) is 0 Å². The van der Waals surface area contributed by atoms with Gasteiger partial charge in [-0.05, 0) is 36.4 Å². The highest BCUT2D eigenvalue weighted by Gasteiger charge is 2.15. The molecule has 0 aliphatic heterocycles. The highest BCUT2D eigenvalue weighted by molar-refractivity contribution is 7.89. The molecule has 6 nitrogen and oxygen atoms in total. The number of benzene rings is 2. The van der Waals surface area contributed by atoms with Crippen molar-refractivity contribution in [2.75, 3.05) is 13.1 Å². The van der Waals surface area contributed by atoms with E-state index in [1.54, 1.807) is 18.2 Å². The predicted octanol–water partition coefficient (Wildman–Crippen LogP) is 2.67. The van der Waals surface area contributed by atoms with Crippen LogP contribution < -0.4 is 10.0 Å². The Labute approximate surface area is 154 Å². The van der Waals surface area contributed by atoms with E-state index in [0.29, 0.717) is 15.9 Å². The molecule has 0 saturated carbocycles. The van der Waals surface area contributed by atoms with Crippen molar-refractivity contribution < 1.29 is 17.6 Å². The third-order valence-electron chi connectivity index (χ3n) is 3.66. The summed E-state index contributed by atoms with van der Waals surface area (Å²) < 4.78 is 40.3. The van der Waals surface area contributed by atoms with Gasteiger partial charge in [0.1, 0.15) is 11.5 Å². The summed E-state index contributed by atoms with van der Waals surface area (Å²) in [5.41, 5.74) is 0.708. The number of amides is 1. The van der Waals surface area contributed by atoms with Gasteiger partial charge >= 0.3 is 0 Å². The molecule has 2 aromatic carbocycles. The standard InChI is InChI=1S/C17H15ClFN3O3S/c18-11-3-1-4-12(9-11)26(24,25)21-8-7-20-17(23)16-10-13-14(19)5-2-6-15(13)22-16/h1-6,9-10,21-22H,7-8H2,(H,20,23). The number of nitrogens with one attached hydrogen (secondary N) is 3. The Morgan fingerprint density at radius 3 is 2.62 bits per heavy atom. The molecule has 3 rings (SSSR count). The van der Waals surface area contributed by atoms with Gasteiger partial charge in [0.25, 0.3) is 5.91 Å². The van der Waals surface area contributed by atoms with Gasteiger partial charge in [-0.1, -0.05) is 23.7 Å². The molecule has 9 heteroatoms. The van der Waals surface area contributed by atoms with Crippen molar-refractivity contribution in [1.29, 1.82) is 0 Å². The van der Waals surface area contributed by atoms with Crippen LogP contribution >= 0.6 is 11.6 Å². The number of carbonyl (C=O) groups excluding carboxylic acids is 1. The average molecular weight is 396 g/mol. The van der Waals surface area contributed by atoms with E-state index in [1.807, 2.05) is 0 Å². The van der Waals surface area contributed by atoms with Gasteiger partial charge in [0.15, 0.2) is 0 Å². The molecule has 26 heavy (non-hydrogen) atoms. The van der Waals surface area contributed by atoms with E-state index in [2.05, 4.69) is 15.0 Å². The maximum atomic E-state index is 13.7. The average Bonchev–Trinajstić information content (AvgIpc) is 3.04. The van der Waals surface area contributed by atoms with Gasteiger partial charge in [-0.2, -0.15) is 0 Å². The molecule has 0 atom stereocenters. The Balaban J connectivity index is 1.57. The van der Waals surface area contributed by atoms with E-state index < -0.39 is 21.7 Å². The van der Waals surface area contributed by atoms with Crippen LogP contribution in [0.15, 0.2) is 53.4 Å². The molecule has 3 N–H and O–H groups in total. The largest absolute Gasteiger partial charge is 0.350 e. The number of H-pyrrole nitrogens is 1. The smallest absolute Gasteiger partial charge is 0.267 e. The lowest BCUT2D eigenvalue weighted by molar-refractivity contribution is 0.0950. The Bertz CT molecular complexity index is 1070. The molecule has 0 spiro atoms. The molecule has 136 valence electrons. The van der Waals surface area contributed by atoms with E-state index in [9.17, 15) is 17.6 Å². The molecular weight excluding hydrogens is 381 g/mol. The molecular formula is C17H15ClFN3O3S. The molecule has 0 radical (unpaired) electrons. The summed E-state index contributed by atoms with van der Waals surface area (Å²) in [5.74, 6) is -0.880. The fourth-order valence-corrected chi connectivity index (χ4v) is 3.75. The van der Waals surface area contributed by atoms with Crippen LogP contribution in [0.5, 0.6) is 0 Å². The minimum absolute atomic E-state index is 0.00479. The van der Waals surface area contributed by atoms with Crippen LogP contribution in [0.1, 0.15) is 10.5 Å². The van der Waals surface area contributed by atoms with E-state index >= 15 is 0 Å². The molecule has 0 fully saturated rings. The second kappa shape index (κ2) is 7.45. The van der Waals surface area contributed by atoms with Gasteiger partial charge < -0.3 is 10.3 Å². The lowest BCUT2D eigenvalue weighted by Gasteiger charge is -2.08. The number of aromatic nitrogens is 1. The first kappa shape index (κ1) is 18.4. The maximum absolute atomic E-state index is 13.7. The van der Waals surface area contributed by atoms with E-state index in [4.69, 9.17) is 11.6 Å². The van der Waals surface area contributed by atoms with Crippen molar-refractivity contribution in [2.45, 2.75) is 4.90 Å². The van der Waals surface area contributed by atoms with Gasteiger partial charge in [-0.3, -0.25) is 4.79 Å². The monoisotopic (exact) mass is 395 g/mol. The highest BCUT2D eigenvalue weighted by atomic mass is 35.5. The van der Waals surface area contributed by atoms with Gasteiger partial charge in [0.2, 0.25) is 10.0 Å². The SMILES string of the molecule is O=C(NCCNS(=O)(=O)c1cccc(Cl)c1)c1cc2c(F)cccc2[nH]1. The second-order valence-electron chi connectivity index (χ2n) is 5.50. The second-order valence-corrected chi connectivity index (χ2v) is 7.70. The zero-order valence-electron chi connectivity index (χ0n) is 13.4. The van der Waals surface area contributed by atoms with Crippen molar-refractivity contribution in [3.63, 3.8) is 0 Å². The van der Waals surface area contributed by atoms with Gasteiger partial charge in [0, 0.05) is 29.0 Å². The van der Waals surface area contributed by atoms with Crippen molar-refractivity contribution >= 4 is 38.4 Å². The topological polar surface area (TPSA) is 91.1 Å². The quantitative estimate of drug-likeness (QED) is 0.560. The van der Waals surface area contributed by atoms with Crippen molar-refractivity contribution in [3.05, 3.63) is 65.1 Å². The Kier molecular flexibility index (Phi) is 5.26. The third-order valence-corrected chi connectivity index (χ3v) is 5.36. The van der Waals surface area contributed by atoms with Gasteiger partial charge in [0.05, 0.1) is 4.90 Å². The molecule has 1 aromatic heterocycles. The maximum Gasteiger partial charge on any atom is 0.267 e. The molecule has 0 bridgehead atoms. The van der Waals surface area contributed by atoms with Crippen LogP contribution in [-0.2, 0) is 10.0 Å². The fourth-order valence-electron chi connectivity index (χ4n) is 2.41. The molecule has 0 unspecified atom stereocenters. The number of rotatable bonds is 6. The van der Waals surface area contributed by atoms with Gasteiger partial charge in [-0.15, -0.1) is 0 Å². The highest BCUT2D eigenvalue weighted by Crippen LogP contribution is 2.18. The first-order chi connectivity index (χ1) is 12.4. The molecule has 0 aliphatic rings. The first-order valence-electron chi connectivity index (χ1n) is 7.67. The minimum atomic E-state index is -3.71. The summed E-state index contributed by atoms with van der Waals surface area (Å²) in [6, 6.07) is 11.8. The number of halogens is 2. The normalized spacial score (nSPS) is 11.6. The molecule has 0 saturated heterocycles. The van der Waals surface area contributed by atoms with Crippen molar-refractivity contribution in [2.24, 2.45) is 0 Å². The van der Waals surface area contributed by atoms with Crippen LogP contribution in [0.25, 0.3) is 10.9 Å². The minimum Gasteiger partial charge on any atom is -0.350 e. The number of carbonyl (C=O) groups is 1. The fraction of sp³-hybridized carbons (Fsp3) is 0.118. The first-order valence-corrected chi connectivity index (χ1v) is 9.53. The number of fused-ring (bicyclic) bond motifs is 1. The van der Waals surface area contributed by atoms with Crippen LogP contribution in [0.3, 0.4) is 0 Å². The Morgan fingerprint density at radius 1 is 1.12 bits per heavy atom. The van der Waals surface area contributed by atoms with Gasteiger partial charge in [-0.25, -0.2) is 17.5 Å². The van der Waals surface area contributed by atoms with Crippen LogP contribution in [0.2, 0.25) is 5.02 Å². The Morgan fingerprint density at radius 2 is 1.88 bits per heavy atom. The molecule has 1 heterocycles. The molecule has 3 aromatic rings. The van der Waals surface area contributed by atoms with Crippen molar-refractivity contribution in [1.82, 2.24) is 15.0 Å². The summed E-state index contributed by atoms with van der Waals surface area (Å²) in [4.78, 5) is 15.0. The van der Waals surface area contributed by atoms with Crippen LogP contribution in [0.4, 0.5) is 4.39 Å². The number of hydrogen-bond donors (Lipinski definition) is 3. The number of sulfonamides is 1. The summed E-state index contributed by atoms with van der Waals surface area (Å²) in [7, 11) is -3.71. The molecule has 1 amide bonds. The van der Waals surface area contributed by atoms with E-state index in [0.717, 1.165) is 0 Å². The summed E-state index contributed by atoms with van der Waals surface area (Å²) in [5, 5.41) is 3.20. The zero-order chi connectivity index (χ0) is 18.7. The lowest BCUT2D eigenvalue weighted by Crippen LogP contribution is -2.34. The summed E-state index contributed by atoms with van der Waals surface area (Å²) in [6.45, 7) is 0.0612. The Hall–Kier alpha value is -2.42. The van der Waals surface area contributed by atoms with Crippen LogP contribution in [-0.4, -0.2) is 32.4 Å². The lowest BCUT2D eigenvalue weighted by atomic mass is 10.2. The summed E-state index contributed by atoms with van der Waals surface area (Å²) in [6.07, 6.45) is 0. The number of aromatic amines is 1. The number of hydrogen-bond acceptors (Lipinski definition) is 3. The molecule has 0 aliphatic carbocycles.